The van der Waals surface area contributed by atoms with Crippen molar-refractivity contribution in [3.05, 3.63) is 71.8 Å². The van der Waals surface area contributed by atoms with Crippen LogP contribution in [-0.2, 0) is 12.0 Å². The van der Waals surface area contributed by atoms with Crippen LogP contribution in [0.3, 0.4) is 0 Å². The Kier molecular flexibility index (Phi) is 3.57. The van der Waals surface area contributed by atoms with E-state index in [0.717, 1.165) is 5.56 Å². The fourth-order valence-corrected chi connectivity index (χ4v) is 3.20. The zero-order valence-corrected chi connectivity index (χ0v) is 12.5. The molecule has 102 valence electrons. The standard InChI is InChI=1S/C17H15Cl2N/c18-17(19)12-16(17,15-9-5-2-6-10-15)13-20-11-14-7-3-1-4-8-14/h1-10,13H,11-12H2. The fourth-order valence-electron chi connectivity index (χ4n) is 2.46. The molecule has 1 nitrogen and oxygen atoms in total. The Morgan fingerprint density at radius 3 is 2.05 bits per heavy atom. The second kappa shape index (κ2) is 5.23. The van der Waals surface area contributed by atoms with Crippen molar-refractivity contribution in [2.24, 2.45) is 4.99 Å². The van der Waals surface area contributed by atoms with Crippen LogP contribution in [0.5, 0.6) is 0 Å². The summed E-state index contributed by atoms with van der Waals surface area (Å²) in [6, 6.07) is 20.3. The van der Waals surface area contributed by atoms with Gasteiger partial charge in [-0.1, -0.05) is 60.7 Å². The molecular formula is C17H15Cl2N. The molecule has 1 saturated carbocycles. The normalized spacial score (nSPS) is 23.9. The molecule has 3 heteroatoms. The van der Waals surface area contributed by atoms with E-state index in [9.17, 15) is 0 Å². The second-order valence-electron chi connectivity index (χ2n) is 5.17. The molecule has 1 unspecified atom stereocenters. The minimum absolute atomic E-state index is 0.341. The third-order valence-electron chi connectivity index (χ3n) is 3.75. The van der Waals surface area contributed by atoms with Gasteiger partial charge in [-0.2, -0.15) is 0 Å². The first-order valence-electron chi connectivity index (χ1n) is 6.62. The summed E-state index contributed by atoms with van der Waals surface area (Å²) in [5.41, 5.74) is 1.97. The lowest BCUT2D eigenvalue weighted by Gasteiger charge is -2.13. The van der Waals surface area contributed by atoms with Gasteiger partial charge in [-0.15, -0.1) is 23.2 Å². The van der Waals surface area contributed by atoms with Crippen LogP contribution in [0.4, 0.5) is 0 Å². The van der Waals surface area contributed by atoms with Crippen molar-refractivity contribution in [1.82, 2.24) is 0 Å². The lowest BCUT2D eigenvalue weighted by molar-refractivity contribution is 0.931. The maximum atomic E-state index is 6.35. The molecule has 2 aromatic carbocycles. The molecule has 0 spiro atoms. The topological polar surface area (TPSA) is 12.4 Å². The molecule has 0 radical (unpaired) electrons. The van der Waals surface area contributed by atoms with Gasteiger partial charge < -0.3 is 0 Å². The molecule has 0 saturated heterocycles. The van der Waals surface area contributed by atoms with Crippen LogP contribution in [0.2, 0.25) is 0 Å². The first kappa shape index (κ1) is 13.7. The van der Waals surface area contributed by atoms with E-state index in [2.05, 4.69) is 29.3 Å². The third-order valence-corrected chi connectivity index (χ3v) is 4.69. The van der Waals surface area contributed by atoms with Gasteiger partial charge in [0, 0.05) is 6.21 Å². The van der Waals surface area contributed by atoms with Crippen molar-refractivity contribution in [2.45, 2.75) is 22.7 Å². The van der Waals surface area contributed by atoms with Gasteiger partial charge in [0.15, 0.2) is 0 Å². The number of halogens is 2. The lowest BCUT2D eigenvalue weighted by atomic mass is 9.97. The van der Waals surface area contributed by atoms with Gasteiger partial charge in [-0.3, -0.25) is 4.99 Å². The second-order valence-corrected chi connectivity index (χ2v) is 6.66. The molecular weight excluding hydrogens is 289 g/mol. The predicted molar refractivity (Wildman–Crippen MR) is 85.8 cm³/mol. The number of benzene rings is 2. The van der Waals surface area contributed by atoms with Gasteiger partial charge in [0.1, 0.15) is 4.33 Å². The van der Waals surface area contributed by atoms with Crippen LogP contribution in [-0.4, -0.2) is 10.5 Å². The first-order chi connectivity index (χ1) is 9.64. The molecule has 0 aromatic heterocycles. The number of aliphatic imine (C=N–C) groups is 1. The SMILES string of the molecule is ClC1(Cl)CC1(C=NCc1ccccc1)c1ccccc1. The highest BCUT2D eigenvalue weighted by Gasteiger charge is 2.66. The molecule has 0 amide bonds. The average molecular weight is 304 g/mol. The molecule has 0 N–H and O–H groups in total. The first-order valence-corrected chi connectivity index (χ1v) is 7.38. The van der Waals surface area contributed by atoms with Gasteiger partial charge in [0.25, 0.3) is 0 Å². The van der Waals surface area contributed by atoms with E-state index in [1.54, 1.807) is 0 Å². The number of hydrogen-bond acceptors (Lipinski definition) is 1. The number of alkyl halides is 2. The van der Waals surface area contributed by atoms with Gasteiger partial charge in [0.2, 0.25) is 0 Å². The van der Waals surface area contributed by atoms with Crippen molar-refractivity contribution >= 4 is 29.4 Å². The van der Waals surface area contributed by atoms with E-state index >= 15 is 0 Å². The minimum atomic E-state index is -0.742. The summed E-state index contributed by atoms with van der Waals surface area (Å²) in [6.07, 6.45) is 2.64. The highest BCUT2D eigenvalue weighted by atomic mass is 35.5. The predicted octanol–water partition coefficient (Wildman–Crippen LogP) is 4.77. The van der Waals surface area contributed by atoms with Crippen molar-refractivity contribution in [3.8, 4) is 0 Å². The van der Waals surface area contributed by atoms with Crippen molar-refractivity contribution < 1.29 is 0 Å². The lowest BCUT2D eigenvalue weighted by Crippen LogP contribution is -2.16. The van der Waals surface area contributed by atoms with Crippen LogP contribution in [0.15, 0.2) is 65.7 Å². The molecule has 20 heavy (non-hydrogen) atoms. The molecule has 1 atom stereocenters. The highest BCUT2D eigenvalue weighted by molar-refractivity contribution is 6.53. The number of nitrogens with zero attached hydrogens (tertiary/aromatic N) is 1. The van der Waals surface area contributed by atoms with E-state index in [1.807, 2.05) is 42.6 Å². The Morgan fingerprint density at radius 1 is 0.950 bits per heavy atom. The van der Waals surface area contributed by atoms with Gasteiger partial charge >= 0.3 is 0 Å². The van der Waals surface area contributed by atoms with Gasteiger partial charge in [-0.05, 0) is 17.5 Å². The zero-order chi connectivity index (χ0) is 14.1. The van der Waals surface area contributed by atoms with Gasteiger partial charge in [-0.25, -0.2) is 0 Å². The third kappa shape index (κ3) is 2.48. The maximum Gasteiger partial charge on any atom is 0.134 e. The number of hydrogen-bond donors (Lipinski definition) is 0. The van der Waals surface area contributed by atoms with Gasteiger partial charge in [0.05, 0.1) is 12.0 Å². The summed E-state index contributed by atoms with van der Waals surface area (Å²) in [7, 11) is 0. The van der Waals surface area contributed by atoms with Crippen LogP contribution < -0.4 is 0 Å². The quantitative estimate of drug-likeness (QED) is 0.570. The van der Waals surface area contributed by atoms with E-state index in [4.69, 9.17) is 23.2 Å². The molecule has 2 aromatic rings. The van der Waals surface area contributed by atoms with E-state index in [-0.39, 0.29) is 5.41 Å². The molecule has 0 heterocycles. The summed E-state index contributed by atoms with van der Waals surface area (Å²) < 4.78 is -0.742. The Hall–Kier alpha value is -1.31. The highest BCUT2D eigenvalue weighted by Crippen LogP contribution is 2.63. The molecule has 0 aliphatic heterocycles. The van der Waals surface area contributed by atoms with Crippen molar-refractivity contribution in [3.63, 3.8) is 0 Å². The van der Waals surface area contributed by atoms with Crippen LogP contribution in [0.25, 0.3) is 0 Å². The Labute approximate surface area is 129 Å². The Bertz CT molecular complexity index is 607. The summed E-state index contributed by atoms with van der Waals surface area (Å²) in [4.78, 5) is 4.55. The number of rotatable bonds is 4. The van der Waals surface area contributed by atoms with E-state index in [1.165, 1.54) is 5.56 Å². The summed E-state index contributed by atoms with van der Waals surface area (Å²) in [5.74, 6) is 0. The molecule has 3 rings (SSSR count). The summed E-state index contributed by atoms with van der Waals surface area (Å²) >= 11 is 12.7. The summed E-state index contributed by atoms with van der Waals surface area (Å²) in [6.45, 7) is 0.652. The Balaban J connectivity index is 1.80. The largest absolute Gasteiger partial charge is 0.292 e. The molecule has 1 aliphatic carbocycles. The minimum Gasteiger partial charge on any atom is -0.292 e. The maximum absolute atomic E-state index is 6.35. The molecule has 1 fully saturated rings. The Morgan fingerprint density at radius 2 is 1.50 bits per heavy atom. The van der Waals surface area contributed by atoms with E-state index in [0.29, 0.717) is 13.0 Å². The molecule has 0 bridgehead atoms. The zero-order valence-electron chi connectivity index (χ0n) is 11.0. The van der Waals surface area contributed by atoms with Crippen LogP contribution in [0.1, 0.15) is 17.5 Å². The van der Waals surface area contributed by atoms with Crippen LogP contribution in [0, 0.1) is 0 Å². The fraction of sp³-hybridized carbons (Fsp3) is 0.235. The summed E-state index contributed by atoms with van der Waals surface area (Å²) in [5, 5.41) is 0. The monoisotopic (exact) mass is 303 g/mol. The smallest absolute Gasteiger partial charge is 0.134 e. The van der Waals surface area contributed by atoms with Crippen molar-refractivity contribution in [1.29, 1.82) is 0 Å². The van der Waals surface area contributed by atoms with Crippen molar-refractivity contribution in [2.75, 3.05) is 0 Å². The molecule has 1 aliphatic rings. The van der Waals surface area contributed by atoms with E-state index < -0.39 is 4.33 Å². The van der Waals surface area contributed by atoms with Crippen LogP contribution >= 0.6 is 23.2 Å². The average Bonchev–Trinajstić information content (AvgIpc) is 3.04.